The quantitative estimate of drug-likeness (QED) is 0.244. The molecule has 1 unspecified atom stereocenters. The van der Waals surface area contributed by atoms with Gasteiger partial charge in [-0.2, -0.15) is 0 Å². The van der Waals surface area contributed by atoms with E-state index in [4.69, 9.17) is 31.4 Å². The maximum Gasteiger partial charge on any atom is 0.300 e. The summed E-state index contributed by atoms with van der Waals surface area (Å²) in [6, 6.07) is 4.73. The molecule has 1 aliphatic carbocycles. The number of thioether (sulfide) groups is 1. The molecule has 1 fully saturated rings. The van der Waals surface area contributed by atoms with Crippen molar-refractivity contribution < 1.29 is 30.0 Å². The number of halogens is 1. The number of carboxylic acids is 2. The molecule has 1 atom stereocenters. The molecule has 0 heterocycles. The van der Waals surface area contributed by atoms with Crippen LogP contribution >= 0.6 is 23.4 Å². The Bertz CT molecular complexity index is 585. The highest BCUT2D eigenvalue weighted by Crippen LogP contribution is 2.38. The van der Waals surface area contributed by atoms with Crippen molar-refractivity contribution in [3.05, 3.63) is 18.2 Å². The fourth-order valence-corrected chi connectivity index (χ4v) is 4.62. The first-order valence-electron chi connectivity index (χ1n) is 9.77. The van der Waals surface area contributed by atoms with E-state index in [-0.39, 0.29) is 11.5 Å². The summed E-state index contributed by atoms with van der Waals surface area (Å²) in [5.74, 6) is 2.00. The van der Waals surface area contributed by atoms with Gasteiger partial charge in [0.15, 0.2) is 0 Å². The lowest BCUT2D eigenvalue weighted by Gasteiger charge is -2.30. The van der Waals surface area contributed by atoms with Crippen molar-refractivity contribution >= 4 is 35.3 Å². The number of aliphatic carboxylic acids is 2. The number of hydrogen-bond donors (Lipinski definition) is 4. The molecule has 29 heavy (non-hydrogen) atoms. The average molecular weight is 449 g/mol. The van der Waals surface area contributed by atoms with Gasteiger partial charge in [0.2, 0.25) is 0 Å². The molecule has 0 bridgehead atoms. The minimum absolute atomic E-state index is 0.213. The van der Waals surface area contributed by atoms with Gasteiger partial charge < -0.3 is 20.4 Å². The summed E-state index contributed by atoms with van der Waals surface area (Å²) in [6.07, 6.45) is 8.97. The lowest BCUT2D eigenvalue weighted by atomic mass is 9.79. The van der Waals surface area contributed by atoms with Crippen LogP contribution in [0.3, 0.4) is 0 Å². The van der Waals surface area contributed by atoms with Gasteiger partial charge in [-0.25, -0.2) is 0 Å². The molecule has 8 heteroatoms. The molecular weight excluding hydrogens is 416 g/mol. The molecule has 4 N–H and O–H groups in total. The average Bonchev–Trinajstić information content (AvgIpc) is 2.64. The summed E-state index contributed by atoms with van der Waals surface area (Å²) in [4.78, 5) is 18.8. The molecule has 0 spiro atoms. The van der Waals surface area contributed by atoms with Gasteiger partial charge in [-0.05, 0) is 42.9 Å². The standard InChI is InChI=1S/C17H25ClO2S.2C2H4O2/c18-10-4-7-14(13-5-2-1-3-6-13)12-21-17-11-15(19)8-9-16(17)20;2*1-2(3)4/h8-9,11,13-14,19-20H,1-7,10,12H2;2*1H3,(H,3,4). The van der Waals surface area contributed by atoms with Crippen LogP contribution in [-0.2, 0) is 9.59 Å². The summed E-state index contributed by atoms with van der Waals surface area (Å²) < 4.78 is 0. The van der Waals surface area contributed by atoms with E-state index in [9.17, 15) is 10.2 Å². The number of benzene rings is 1. The summed E-state index contributed by atoms with van der Waals surface area (Å²) in [5.41, 5.74) is 0. The first-order chi connectivity index (χ1) is 13.7. The highest BCUT2D eigenvalue weighted by Gasteiger charge is 2.23. The lowest BCUT2D eigenvalue weighted by molar-refractivity contribution is -0.135. The van der Waals surface area contributed by atoms with Crippen LogP contribution in [0.5, 0.6) is 11.5 Å². The molecule has 0 saturated heterocycles. The Kier molecular flexibility index (Phi) is 15.3. The van der Waals surface area contributed by atoms with E-state index in [2.05, 4.69) is 0 Å². The van der Waals surface area contributed by atoms with E-state index >= 15 is 0 Å². The first-order valence-corrected chi connectivity index (χ1v) is 11.3. The minimum atomic E-state index is -0.833. The highest BCUT2D eigenvalue weighted by molar-refractivity contribution is 7.99. The lowest BCUT2D eigenvalue weighted by Crippen LogP contribution is -2.20. The van der Waals surface area contributed by atoms with Crippen molar-refractivity contribution in [2.75, 3.05) is 11.6 Å². The Labute approximate surface area is 182 Å². The maximum absolute atomic E-state index is 9.88. The molecule has 0 amide bonds. The monoisotopic (exact) mass is 448 g/mol. The zero-order valence-corrected chi connectivity index (χ0v) is 18.7. The molecule has 0 aromatic heterocycles. The number of carboxylic acid groups (broad SMARTS) is 2. The van der Waals surface area contributed by atoms with Crippen LogP contribution in [0.15, 0.2) is 23.1 Å². The Morgan fingerprint density at radius 3 is 2.17 bits per heavy atom. The zero-order chi connectivity index (χ0) is 22.2. The maximum atomic E-state index is 9.88. The van der Waals surface area contributed by atoms with Crippen LogP contribution < -0.4 is 0 Å². The van der Waals surface area contributed by atoms with Gasteiger partial charge in [-0.3, -0.25) is 9.59 Å². The zero-order valence-electron chi connectivity index (χ0n) is 17.1. The molecule has 0 radical (unpaired) electrons. The number of phenolic OH excluding ortho intramolecular Hbond substituents is 2. The van der Waals surface area contributed by atoms with E-state index in [1.807, 2.05) is 0 Å². The minimum Gasteiger partial charge on any atom is -0.508 e. The Balaban J connectivity index is 0.000000837. The van der Waals surface area contributed by atoms with Crippen LogP contribution in [0.1, 0.15) is 58.8 Å². The number of phenols is 2. The summed E-state index contributed by atoms with van der Waals surface area (Å²) >= 11 is 7.53. The van der Waals surface area contributed by atoms with Crippen molar-refractivity contribution in [1.29, 1.82) is 0 Å². The van der Waals surface area contributed by atoms with Crippen molar-refractivity contribution in [2.45, 2.75) is 63.7 Å². The molecule has 6 nitrogen and oxygen atoms in total. The van der Waals surface area contributed by atoms with Crippen molar-refractivity contribution in [3.8, 4) is 11.5 Å². The molecule has 1 saturated carbocycles. The van der Waals surface area contributed by atoms with Crippen LogP contribution in [0.25, 0.3) is 0 Å². The van der Waals surface area contributed by atoms with Gasteiger partial charge in [0, 0.05) is 25.5 Å². The summed E-state index contributed by atoms with van der Waals surface area (Å²) in [7, 11) is 0. The number of carbonyl (C=O) groups is 2. The summed E-state index contributed by atoms with van der Waals surface area (Å²) in [5, 5.41) is 34.3. The van der Waals surface area contributed by atoms with Gasteiger partial charge in [0.1, 0.15) is 11.5 Å². The molecule has 2 rings (SSSR count). The molecule has 1 aromatic carbocycles. The topological polar surface area (TPSA) is 115 Å². The Morgan fingerprint density at radius 2 is 1.66 bits per heavy atom. The number of aromatic hydroxyl groups is 2. The fraction of sp³-hybridized carbons (Fsp3) is 0.619. The smallest absolute Gasteiger partial charge is 0.300 e. The second-order valence-electron chi connectivity index (χ2n) is 6.99. The third-order valence-electron chi connectivity index (χ3n) is 4.42. The van der Waals surface area contributed by atoms with E-state index in [1.54, 1.807) is 23.9 Å². The van der Waals surface area contributed by atoms with Crippen molar-refractivity contribution in [2.24, 2.45) is 11.8 Å². The largest absolute Gasteiger partial charge is 0.508 e. The van der Waals surface area contributed by atoms with Crippen LogP contribution in [0, 0.1) is 11.8 Å². The number of rotatable bonds is 7. The normalized spacial score (nSPS) is 14.6. The van der Waals surface area contributed by atoms with Crippen LogP contribution in [-0.4, -0.2) is 44.0 Å². The molecule has 0 aliphatic heterocycles. The van der Waals surface area contributed by atoms with E-state index < -0.39 is 11.9 Å². The Morgan fingerprint density at radius 1 is 1.10 bits per heavy atom. The molecule has 166 valence electrons. The van der Waals surface area contributed by atoms with Gasteiger partial charge in [0.25, 0.3) is 11.9 Å². The molecule has 1 aliphatic rings. The second kappa shape index (κ2) is 16.2. The van der Waals surface area contributed by atoms with Gasteiger partial charge in [-0.15, -0.1) is 23.4 Å². The van der Waals surface area contributed by atoms with Crippen LogP contribution in [0.4, 0.5) is 0 Å². The second-order valence-corrected chi connectivity index (χ2v) is 8.43. The van der Waals surface area contributed by atoms with E-state index in [0.29, 0.717) is 5.92 Å². The fourth-order valence-electron chi connectivity index (χ4n) is 3.22. The van der Waals surface area contributed by atoms with Crippen molar-refractivity contribution in [1.82, 2.24) is 0 Å². The molecule has 1 aromatic rings. The summed E-state index contributed by atoms with van der Waals surface area (Å²) in [6.45, 7) is 2.17. The third-order valence-corrected chi connectivity index (χ3v) is 5.92. The number of hydrogen-bond acceptors (Lipinski definition) is 5. The highest BCUT2D eigenvalue weighted by atomic mass is 35.5. The van der Waals surface area contributed by atoms with Gasteiger partial charge >= 0.3 is 0 Å². The van der Waals surface area contributed by atoms with Gasteiger partial charge in [0.05, 0.1) is 4.90 Å². The Hall–Kier alpha value is -1.60. The number of alkyl halides is 1. The first kappa shape index (κ1) is 27.4. The van der Waals surface area contributed by atoms with Crippen LogP contribution in [0.2, 0.25) is 0 Å². The van der Waals surface area contributed by atoms with Crippen molar-refractivity contribution in [3.63, 3.8) is 0 Å². The van der Waals surface area contributed by atoms with E-state index in [1.165, 1.54) is 44.6 Å². The van der Waals surface area contributed by atoms with Gasteiger partial charge in [-0.1, -0.05) is 32.1 Å². The predicted octanol–water partition coefficient (Wildman–Crippen LogP) is 5.59. The third kappa shape index (κ3) is 15.0. The predicted molar refractivity (Wildman–Crippen MR) is 117 cm³/mol. The van der Waals surface area contributed by atoms with E-state index in [0.717, 1.165) is 42.7 Å². The molecular formula is C21H33ClO6S. The SMILES string of the molecule is CC(=O)O.CC(=O)O.Oc1ccc(O)c(SCC(CCCCl)C2CCCCC2)c1.